The third-order valence-electron chi connectivity index (χ3n) is 4.75. The van der Waals surface area contributed by atoms with E-state index in [-0.39, 0.29) is 5.91 Å². The van der Waals surface area contributed by atoms with Gasteiger partial charge in [-0.1, -0.05) is 83.0 Å². The minimum absolute atomic E-state index is 0.149. The molecule has 1 aromatic heterocycles. The number of amides is 1. The van der Waals surface area contributed by atoms with Gasteiger partial charge in [-0.2, -0.15) is 4.98 Å². The van der Waals surface area contributed by atoms with E-state index in [0.29, 0.717) is 46.8 Å². The van der Waals surface area contributed by atoms with Crippen LogP contribution >= 0.6 is 23.2 Å². The summed E-state index contributed by atoms with van der Waals surface area (Å²) in [4.78, 5) is 19.4. The highest BCUT2D eigenvalue weighted by Gasteiger charge is 2.20. The fourth-order valence-electron chi connectivity index (χ4n) is 3.19. The zero-order valence-corrected chi connectivity index (χ0v) is 18.1. The van der Waals surface area contributed by atoms with Gasteiger partial charge in [0.05, 0.1) is 10.6 Å². The molecule has 0 aliphatic rings. The van der Waals surface area contributed by atoms with E-state index >= 15 is 0 Å². The lowest BCUT2D eigenvalue weighted by atomic mass is 10.1. The predicted octanol–water partition coefficient (Wildman–Crippen LogP) is 5.93. The molecule has 156 valence electrons. The molecule has 7 heteroatoms. The summed E-state index contributed by atoms with van der Waals surface area (Å²) in [5.74, 6) is 0.758. The van der Waals surface area contributed by atoms with Gasteiger partial charge in [0.1, 0.15) is 0 Å². The van der Waals surface area contributed by atoms with Crippen molar-refractivity contribution in [2.75, 3.05) is 6.54 Å². The van der Waals surface area contributed by atoms with Crippen molar-refractivity contribution in [1.82, 2.24) is 15.0 Å². The summed E-state index contributed by atoms with van der Waals surface area (Å²) in [6, 6.07) is 24.1. The Morgan fingerprint density at radius 1 is 0.935 bits per heavy atom. The van der Waals surface area contributed by atoms with Crippen molar-refractivity contribution >= 4 is 29.1 Å². The molecule has 0 aliphatic heterocycles. The number of hydrogen-bond donors (Lipinski definition) is 0. The van der Waals surface area contributed by atoms with E-state index < -0.39 is 0 Å². The molecule has 0 saturated carbocycles. The largest absolute Gasteiger partial charge is 0.339 e. The van der Waals surface area contributed by atoms with E-state index in [9.17, 15) is 4.79 Å². The summed E-state index contributed by atoms with van der Waals surface area (Å²) in [5, 5.41) is 5.06. The molecule has 31 heavy (non-hydrogen) atoms. The average Bonchev–Trinajstić information content (AvgIpc) is 3.26. The summed E-state index contributed by atoms with van der Waals surface area (Å²) >= 11 is 12.3. The van der Waals surface area contributed by atoms with E-state index in [0.717, 1.165) is 11.1 Å². The predicted molar refractivity (Wildman–Crippen MR) is 121 cm³/mol. The Bertz CT molecular complexity index is 1180. The van der Waals surface area contributed by atoms with E-state index in [1.54, 1.807) is 41.3 Å². The Balaban J connectivity index is 1.52. The molecular formula is C24H19Cl2N3O2. The van der Waals surface area contributed by atoms with Gasteiger partial charge >= 0.3 is 0 Å². The molecule has 1 amide bonds. The lowest BCUT2D eigenvalue weighted by molar-refractivity contribution is 0.0742. The van der Waals surface area contributed by atoms with Crippen molar-refractivity contribution in [2.45, 2.75) is 13.0 Å². The molecule has 0 spiro atoms. The van der Waals surface area contributed by atoms with Gasteiger partial charge in [-0.05, 0) is 29.8 Å². The lowest BCUT2D eigenvalue weighted by Crippen LogP contribution is -2.32. The van der Waals surface area contributed by atoms with E-state index in [4.69, 9.17) is 27.7 Å². The number of carbonyl (C=O) groups excluding carboxylic acids is 1. The van der Waals surface area contributed by atoms with Crippen LogP contribution in [0.3, 0.4) is 0 Å². The van der Waals surface area contributed by atoms with E-state index in [2.05, 4.69) is 10.1 Å². The molecule has 4 aromatic rings. The van der Waals surface area contributed by atoms with Crippen molar-refractivity contribution in [3.05, 3.63) is 106 Å². The normalized spacial score (nSPS) is 10.8. The molecule has 5 nitrogen and oxygen atoms in total. The summed E-state index contributed by atoms with van der Waals surface area (Å²) in [6.07, 6.45) is 0.413. The fraction of sp³-hybridized carbons (Fsp3) is 0.125. The molecule has 0 N–H and O–H groups in total. The first-order valence-electron chi connectivity index (χ1n) is 9.76. The fourth-order valence-corrected chi connectivity index (χ4v) is 3.60. The summed E-state index contributed by atoms with van der Waals surface area (Å²) in [7, 11) is 0. The average molecular weight is 452 g/mol. The van der Waals surface area contributed by atoms with Crippen LogP contribution in [-0.2, 0) is 13.0 Å². The molecule has 0 radical (unpaired) electrons. The van der Waals surface area contributed by atoms with Gasteiger partial charge in [0, 0.05) is 30.1 Å². The van der Waals surface area contributed by atoms with Gasteiger partial charge in [0.15, 0.2) is 0 Å². The van der Waals surface area contributed by atoms with Crippen LogP contribution in [0, 0.1) is 0 Å². The molecule has 4 rings (SSSR count). The standard InChI is InChI=1S/C24H19Cl2N3O2/c25-19-10-6-9-18(15-19)23-27-22(31-28-23)13-14-29(16-17-7-2-1-3-8-17)24(30)20-11-4-5-12-21(20)26/h1-12,15H,13-14,16H2. The first-order valence-corrected chi connectivity index (χ1v) is 10.5. The topological polar surface area (TPSA) is 59.2 Å². The molecule has 0 bridgehead atoms. The second-order valence-corrected chi connectivity index (χ2v) is 7.81. The van der Waals surface area contributed by atoms with Crippen LogP contribution in [0.15, 0.2) is 83.4 Å². The SMILES string of the molecule is O=C(c1ccccc1Cl)N(CCc1nc(-c2cccc(Cl)c2)no1)Cc1ccccc1. The number of nitrogens with zero attached hydrogens (tertiary/aromatic N) is 3. The highest BCUT2D eigenvalue weighted by Crippen LogP contribution is 2.21. The highest BCUT2D eigenvalue weighted by molar-refractivity contribution is 6.33. The van der Waals surface area contributed by atoms with Gasteiger partial charge in [-0.25, -0.2) is 0 Å². The second kappa shape index (κ2) is 9.77. The third-order valence-corrected chi connectivity index (χ3v) is 5.32. The van der Waals surface area contributed by atoms with Gasteiger partial charge < -0.3 is 9.42 Å². The number of benzene rings is 3. The van der Waals surface area contributed by atoms with Crippen molar-refractivity contribution in [3.63, 3.8) is 0 Å². The van der Waals surface area contributed by atoms with Gasteiger partial charge in [-0.15, -0.1) is 0 Å². The first-order chi connectivity index (χ1) is 15.1. The van der Waals surface area contributed by atoms with Crippen LogP contribution < -0.4 is 0 Å². The Kier molecular flexibility index (Phi) is 6.65. The number of halogens is 2. The van der Waals surface area contributed by atoms with Crippen LogP contribution in [0.5, 0.6) is 0 Å². The molecule has 0 aliphatic carbocycles. The van der Waals surface area contributed by atoms with Gasteiger partial charge in [0.25, 0.3) is 5.91 Å². The second-order valence-electron chi connectivity index (χ2n) is 6.96. The maximum Gasteiger partial charge on any atom is 0.255 e. The molecule has 1 heterocycles. The van der Waals surface area contributed by atoms with Gasteiger partial charge in [-0.3, -0.25) is 4.79 Å². The first kappa shape index (κ1) is 21.1. The minimum Gasteiger partial charge on any atom is -0.339 e. The van der Waals surface area contributed by atoms with Crippen molar-refractivity contribution < 1.29 is 9.32 Å². The summed E-state index contributed by atoms with van der Waals surface area (Å²) in [6.45, 7) is 0.844. The monoisotopic (exact) mass is 451 g/mol. The molecule has 0 fully saturated rings. The van der Waals surface area contributed by atoms with Crippen molar-refractivity contribution in [3.8, 4) is 11.4 Å². The zero-order valence-electron chi connectivity index (χ0n) is 16.5. The Labute approximate surface area is 190 Å². The highest BCUT2D eigenvalue weighted by atomic mass is 35.5. The smallest absolute Gasteiger partial charge is 0.255 e. The summed E-state index contributed by atoms with van der Waals surface area (Å²) in [5.41, 5.74) is 2.26. The minimum atomic E-state index is -0.149. The zero-order chi connectivity index (χ0) is 21.6. The van der Waals surface area contributed by atoms with Crippen LogP contribution in [-0.4, -0.2) is 27.5 Å². The Morgan fingerprint density at radius 2 is 1.71 bits per heavy atom. The molecule has 0 saturated heterocycles. The quantitative estimate of drug-likeness (QED) is 0.349. The molecule has 0 atom stereocenters. The number of carbonyl (C=O) groups is 1. The number of aromatic nitrogens is 2. The van der Waals surface area contributed by atoms with Crippen LogP contribution in [0.2, 0.25) is 10.0 Å². The van der Waals surface area contributed by atoms with Gasteiger partial charge in [0.2, 0.25) is 11.7 Å². The van der Waals surface area contributed by atoms with E-state index in [1.165, 1.54) is 0 Å². The van der Waals surface area contributed by atoms with Crippen molar-refractivity contribution in [1.29, 1.82) is 0 Å². The van der Waals surface area contributed by atoms with Crippen LogP contribution in [0.4, 0.5) is 0 Å². The van der Waals surface area contributed by atoms with Crippen LogP contribution in [0.25, 0.3) is 11.4 Å². The molecule has 3 aromatic carbocycles. The molecule has 0 unspecified atom stereocenters. The third kappa shape index (κ3) is 5.32. The van der Waals surface area contributed by atoms with Crippen molar-refractivity contribution in [2.24, 2.45) is 0 Å². The van der Waals surface area contributed by atoms with E-state index in [1.807, 2.05) is 42.5 Å². The Hall–Kier alpha value is -3.15. The number of hydrogen-bond acceptors (Lipinski definition) is 4. The maximum atomic E-state index is 13.2. The summed E-state index contributed by atoms with van der Waals surface area (Å²) < 4.78 is 5.40. The maximum absolute atomic E-state index is 13.2. The van der Waals surface area contributed by atoms with Crippen LogP contribution in [0.1, 0.15) is 21.8 Å². The lowest BCUT2D eigenvalue weighted by Gasteiger charge is -2.23. The molecular weight excluding hydrogens is 433 g/mol. The number of rotatable bonds is 7. The Morgan fingerprint density at radius 3 is 2.48 bits per heavy atom.